The minimum atomic E-state index is -1.44. The van der Waals surface area contributed by atoms with E-state index in [9.17, 15) is 13.2 Å². The molecular weight excluding hydrogens is 215 g/mol. The highest BCUT2D eigenvalue weighted by atomic mass is 19.2. The van der Waals surface area contributed by atoms with Gasteiger partial charge in [0, 0.05) is 6.04 Å². The number of halogens is 3. The average Bonchev–Trinajstić information content (AvgIpc) is 2.25. The van der Waals surface area contributed by atoms with Gasteiger partial charge >= 0.3 is 0 Å². The monoisotopic (exact) mass is 227 g/mol. The van der Waals surface area contributed by atoms with Crippen molar-refractivity contribution < 1.29 is 13.2 Å². The summed E-state index contributed by atoms with van der Waals surface area (Å²) in [6.45, 7) is 3.84. The SMILES string of the molecule is CC#CCNC(C)c1cc(F)c(F)c(F)c1. The van der Waals surface area contributed by atoms with Crippen LogP contribution in [-0.4, -0.2) is 6.54 Å². The first-order valence-corrected chi connectivity index (χ1v) is 4.83. The molecule has 0 saturated carbocycles. The first-order chi connectivity index (χ1) is 7.56. The number of hydrogen-bond donors (Lipinski definition) is 1. The summed E-state index contributed by atoms with van der Waals surface area (Å²) < 4.78 is 38.5. The van der Waals surface area contributed by atoms with Crippen LogP contribution in [0.5, 0.6) is 0 Å². The summed E-state index contributed by atoms with van der Waals surface area (Å²) in [5.74, 6) is 1.66. The van der Waals surface area contributed by atoms with Gasteiger partial charge in [0.15, 0.2) is 17.5 Å². The molecule has 0 fully saturated rings. The van der Waals surface area contributed by atoms with Crippen LogP contribution in [0, 0.1) is 29.3 Å². The van der Waals surface area contributed by atoms with Gasteiger partial charge in [0.2, 0.25) is 0 Å². The van der Waals surface area contributed by atoms with Gasteiger partial charge in [-0.2, -0.15) is 0 Å². The summed E-state index contributed by atoms with van der Waals surface area (Å²) in [5, 5.41) is 2.94. The van der Waals surface area contributed by atoms with Crippen LogP contribution in [-0.2, 0) is 0 Å². The molecule has 0 heterocycles. The summed E-state index contributed by atoms with van der Waals surface area (Å²) >= 11 is 0. The lowest BCUT2D eigenvalue weighted by molar-refractivity contribution is 0.442. The van der Waals surface area contributed by atoms with Crippen LogP contribution < -0.4 is 5.32 Å². The fraction of sp³-hybridized carbons (Fsp3) is 0.333. The largest absolute Gasteiger partial charge is 0.300 e. The van der Waals surface area contributed by atoms with E-state index in [2.05, 4.69) is 17.2 Å². The number of rotatable bonds is 3. The van der Waals surface area contributed by atoms with E-state index in [-0.39, 0.29) is 6.04 Å². The van der Waals surface area contributed by atoms with Crippen molar-refractivity contribution in [2.24, 2.45) is 0 Å². The fourth-order valence-corrected chi connectivity index (χ4v) is 1.24. The molecule has 0 aliphatic heterocycles. The Morgan fingerprint density at radius 3 is 2.31 bits per heavy atom. The molecular formula is C12H12F3N. The highest BCUT2D eigenvalue weighted by Crippen LogP contribution is 2.18. The number of nitrogens with one attached hydrogen (secondary N) is 1. The fourth-order valence-electron chi connectivity index (χ4n) is 1.24. The Morgan fingerprint density at radius 2 is 1.81 bits per heavy atom. The van der Waals surface area contributed by atoms with E-state index in [0.717, 1.165) is 12.1 Å². The van der Waals surface area contributed by atoms with Gasteiger partial charge in [-0.05, 0) is 31.5 Å². The molecule has 1 aromatic rings. The van der Waals surface area contributed by atoms with Crippen molar-refractivity contribution in [3.63, 3.8) is 0 Å². The van der Waals surface area contributed by atoms with Crippen LogP contribution in [0.3, 0.4) is 0 Å². The topological polar surface area (TPSA) is 12.0 Å². The Labute approximate surface area is 92.7 Å². The van der Waals surface area contributed by atoms with E-state index in [4.69, 9.17) is 0 Å². The molecule has 0 bridgehead atoms. The minimum Gasteiger partial charge on any atom is -0.300 e. The molecule has 1 aromatic carbocycles. The lowest BCUT2D eigenvalue weighted by Crippen LogP contribution is -2.19. The Balaban J connectivity index is 2.82. The molecule has 0 aliphatic rings. The van der Waals surface area contributed by atoms with Gasteiger partial charge in [-0.25, -0.2) is 13.2 Å². The lowest BCUT2D eigenvalue weighted by Gasteiger charge is -2.12. The van der Waals surface area contributed by atoms with Crippen LogP contribution in [0.2, 0.25) is 0 Å². The molecule has 0 spiro atoms. The second-order valence-electron chi connectivity index (χ2n) is 3.33. The van der Waals surface area contributed by atoms with E-state index < -0.39 is 17.5 Å². The van der Waals surface area contributed by atoms with Crippen LogP contribution in [0.1, 0.15) is 25.5 Å². The van der Waals surface area contributed by atoms with Crippen LogP contribution >= 0.6 is 0 Å². The van der Waals surface area contributed by atoms with Crippen LogP contribution in [0.15, 0.2) is 12.1 Å². The second-order valence-corrected chi connectivity index (χ2v) is 3.33. The van der Waals surface area contributed by atoms with Gasteiger partial charge in [0.05, 0.1) is 6.54 Å². The number of hydrogen-bond acceptors (Lipinski definition) is 1. The maximum absolute atomic E-state index is 12.9. The van der Waals surface area contributed by atoms with Crippen LogP contribution in [0.25, 0.3) is 0 Å². The predicted octanol–water partition coefficient (Wildman–Crippen LogP) is 2.78. The molecule has 86 valence electrons. The van der Waals surface area contributed by atoms with Crippen molar-refractivity contribution in [3.05, 3.63) is 35.1 Å². The Bertz CT molecular complexity index is 409. The predicted molar refractivity (Wildman–Crippen MR) is 56.2 cm³/mol. The molecule has 16 heavy (non-hydrogen) atoms. The number of benzene rings is 1. The van der Waals surface area contributed by atoms with E-state index in [1.807, 2.05) is 0 Å². The van der Waals surface area contributed by atoms with Crippen molar-refractivity contribution in [1.29, 1.82) is 0 Å². The maximum atomic E-state index is 12.9. The minimum absolute atomic E-state index is 0.287. The summed E-state index contributed by atoms with van der Waals surface area (Å²) in [6.07, 6.45) is 0. The molecule has 0 amide bonds. The highest BCUT2D eigenvalue weighted by Gasteiger charge is 2.13. The molecule has 0 saturated heterocycles. The average molecular weight is 227 g/mol. The van der Waals surface area contributed by atoms with Gasteiger partial charge in [-0.3, -0.25) is 5.32 Å². The zero-order chi connectivity index (χ0) is 12.1. The summed E-state index contributed by atoms with van der Waals surface area (Å²) in [7, 11) is 0. The van der Waals surface area contributed by atoms with Crippen molar-refractivity contribution in [1.82, 2.24) is 5.32 Å². The van der Waals surface area contributed by atoms with E-state index in [1.165, 1.54) is 0 Å². The third kappa shape index (κ3) is 3.01. The van der Waals surface area contributed by atoms with Gasteiger partial charge in [-0.1, -0.05) is 5.92 Å². The lowest BCUT2D eigenvalue weighted by atomic mass is 10.1. The van der Waals surface area contributed by atoms with Crippen LogP contribution in [0.4, 0.5) is 13.2 Å². The molecule has 4 heteroatoms. The third-order valence-electron chi connectivity index (χ3n) is 2.18. The van der Waals surface area contributed by atoms with Gasteiger partial charge in [0.25, 0.3) is 0 Å². The summed E-state index contributed by atoms with van der Waals surface area (Å²) in [4.78, 5) is 0. The Morgan fingerprint density at radius 1 is 1.25 bits per heavy atom. The second kappa shape index (κ2) is 5.57. The highest BCUT2D eigenvalue weighted by molar-refractivity contribution is 5.22. The van der Waals surface area contributed by atoms with Crippen molar-refractivity contribution >= 4 is 0 Å². The summed E-state index contributed by atoms with van der Waals surface area (Å²) in [6, 6.07) is 1.68. The molecule has 1 rings (SSSR count). The Hall–Kier alpha value is -1.47. The van der Waals surface area contributed by atoms with Crippen molar-refractivity contribution in [2.45, 2.75) is 19.9 Å². The molecule has 1 unspecified atom stereocenters. The summed E-state index contributed by atoms with van der Waals surface area (Å²) in [5.41, 5.74) is 0.356. The Kier molecular flexibility index (Phi) is 4.39. The molecule has 0 aromatic heterocycles. The van der Waals surface area contributed by atoms with Gasteiger partial charge < -0.3 is 0 Å². The molecule has 0 aliphatic carbocycles. The maximum Gasteiger partial charge on any atom is 0.194 e. The molecule has 0 radical (unpaired) electrons. The zero-order valence-electron chi connectivity index (χ0n) is 9.07. The van der Waals surface area contributed by atoms with Crippen molar-refractivity contribution in [3.8, 4) is 11.8 Å². The zero-order valence-corrected chi connectivity index (χ0v) is 9.07. The normalized spacial score (nSPS) is 11.8. The van der Waals surface area contributed by atoms with E-state index in [1.54, 1.807) is 13.8 Å². The van der Waals surface area contributed by atoms with E-state index >= 15 is 0 Å². The first-order valence-electron chi connectivity index (χ1n) is 4.83. The molecule has 1 atom stereocenters. The smallest absolute Gasteiger partial charge is 0.194 e. The van der Waals surface area contributed by atoms with E-state index in [0.29, 0.717) is 12.1 Å². The standard InChI is InChI=1S/C12H12F3N/c1-3-4-5-16-8(2)9-6-10(13)12(15)11(14)7-9/h6-8,16H,5H2,1-2H3. The van der Waals surface area contributed by atoms with Crippen molar-refractivity contribution in [2.75, 3.05) is 6.54 Å². The molecule has 1 N–H and O–H groups in total. The molecule has 1 nitrogen and oxygen atoms in total. The quantitative estimate of drug-likeness (QED) is 0.618. The first kappa shape index (κ1) is 12.6. The third-order valence-corrected chi connectivity index (χ3v) is 2.18. The van der Waals surface area contributed by atoms with Gasteiger partial charge in [0.1, 0.15) is 0 Å². The van der Waals surface area contributed by atoms with Gasteiger partial charge in [-0.15, -0.1) is 5.92 Å².